The van der Waals surface area contributed by atoms with Gasteiger partial charge in [-0.25, -0.2) is 4.98 Å². The number of rotatable bonds is 8. The van der Waals surface area contributed by atoms with Gasteiger partial charge in [-0.15, -0.1) is 0 Å². The summed E-state index contributed by atoms with van der Waals surface area (Å²) in [5, 5.41) is 4.52. The predicted octanol–water partition coefficient (Wildman–Crippen LogP) is 5.62. The third kappa shape index (κ3) is 4.78. The summed E-state index contributed by atoms with van der Waals surface area (Å²) in [5.41, 5.74) is 2.41. The molecule has 0 unspecified atom stereocenters. The summed E-state index contributed by atoms with van der Waals surface area (Å²) in [5.74, 6) is 0.847. The van der Waals surface area contributed by atoms with Crippen LogP contribution in [0.3, 0.4) is 0 Å². The van der Waals surface area contributed by atoms with Crippen LogP contribution >= 0.6 is 11.3 Å². The number of thiazole rings is 1. The Kier molecular flexibility index (Phi) is 5.84. The normalized spacial score (nSPS) is 11.4. The average Bonchev–Trinajstić information content (AvgIpc) is 2.79. The second-order valence-electron chi connectivity index (χ2n) is 6.01. The molecule has 2 aromatic rings. The molecule has 0 atom stereocenters. The largest absolute Gasteiger partial charge is 0.361 e. The Morgan fingerprint density at radius 3 is 2.75 bits per heavy atom. The minimum absolute atomic E-state index is 0.847. The third-order valence-electron chi connectivity index (χ3n) is 3.53. The molecule has 3 heteroatoms. The highest BCUT2D eigenvalue weighted by Gasteiger charge is 2.03. The molecular formula is C17H26N2S. The molecule has 0 radical (unpaired) electrons. The Balaban J connectivity index is 1.68. The first-order valence-corrected chi connectivity index (χ1v) is 8.58. The number of aromatic nitrogens is 1. The van der Waals surface area contributed by atoms with Gasteiger partial charge < -0.3 is 5.32 Å². The van der Waals surface area contributed by atoms with E-state index >= 15 is 0 Å². The van der Waals surface area contributed by atoms with Gasteiger partial charge in [0.15, 0.2) is 5.13 Å². The Labute approximate surface area is 126 Å². The van der Waals surface area contributed by atoms with Crippen LogP contribution in [0.1, 0.15) is 51.5 Å². The fourth-order valence-corrected chi connectivity index (χ4v) is 3.32. The summed E-state index contributed by atoms with van der Waals surface area (Å²) < 4.78 is 1.28. The zero-order chi connectivity index (χ0) is 14.4. The zero-order valence-electron chi connectivity index (χ0n) is 12.9. The third-order valence-corrected chi connectivity index (χ3v) is 4.50. The van der Waals surface area contributed by atoms with Crippen LogP contribution in [0.5, 0.6) is 0 Å². The number of fused-ring (bicyclic) bond motifs is 1. The first-order valence-electron chi connectivity index (χ1n) is 7.76. The van der Waals surface area contributed by atoms with Gasteiger partial charge in [0.1, 0.15) is 0 Å². The van der Waals surface area contributed by atoms with Crippen LogP contribution in [0.15, 0.2) is 18.2 Å². The first-order chi connectivity index (χ1) is 9.65. The Bertz CT molecular complexity index is 531. The molecule has 0 saturated carbocycles. The van der Waals surface area contributed by atoms with Crippen LogP contribution < -0.4 is 5.32 Å². The van der Waals surface area contributed by atoms with Gasteiger partial charge in [0.2, 0.25) is 0 Å². The summed E-state index contributed by atoms with van der Waals surface area (Å²) in [6.45, 7) is 7.77. The molecular weight excluding hydrogens is 264 g/mol. The van der Waals surface area contributed by atoms with Crippen molar-refractivity contribution in [3.8, 4) is 0 Å². The molecule has 0 amide bonds. The van der Waals surface area contributed by atoms with E-state index in [-0.39, 0.29) is 0 Å². The van der Waals surface area contributed by atoms with Crippen molar-refractivity contribution in [3.05, 3.63) is 23.8 Å². The van der Waals surface area contributed by atoms with Crippen molar-refractivity contribution in [2.24, 2.45) is 5.92 Å². The van der Waals surface area contributed by atoms with Crippen LogP contribution in [0, 0.1) is 12.8 Å². The van der Waals surface area contributed by atoms with E-state index in [2.05, 4.69) is 49.3 Å². The van der Waals surface area contributed by atoms with Crippen molar-refractivity contribution in [1.29, 1.82) is 0 Å². The van der Waals surface area contributed by atoms with E-state index in [9.17, 15) is 0 Å². The van der Waals surface area contributed by atoms with Gasteiger partial charge in [-0.05, 0) is 37.0 Å². The molecule has 0 spiro atoms. The summed E-state index contributed by atoms with van der Waals surface area (Å²) >= 11 is 1.76. The number of benzene rings is 1. The number of anilines is 1. The molecule has 0 bridgehead atoms. The Hall–Kier alpha value is -1.09. The maximum absolute atomic E-state index is 4.62. The van der Waals surface area contributed by atoms with Gasteiger partial charge >= 0.3 is 0 Å². The molecule has 0 fully saturated rings. The molecule has 2 nitrogen and oxygen atoms in total. The zero-order valence-corrected chi connectivity index (χ0v) is 13.7. The molecule has 0 aliphatic heterocycles. The molecule has 1 heterocycles. The van der Waals surface area contributed by atoms with E-state index in [1.165, 1.54) is 42.4 Å². The standard InChI is InChI=1S/C17H26N2S/c1-13(2)8-6-4-5-7-11-18-17-19-15-10-9-14(3)12-16(15)20-17/h9-10,12-13H,4-8,11H2,1-3H3,(H,18,19). The van der Waals surface area contributed by atoms with Crippen molar-refractivity contribution < 1.29 is 0 Å². The summed E-state index contributed by atoms with van der Waals surface area (Å²) in [6.07, 6.45) is 6.67. The fourth-order valence-electron chi connectivity index (χ4n) is 2.33. The molecule has 2 rings (SSSR count). The van der Waals surface area contributed by atoms with Gasteiger partial charge in [0.25, 0.3) is 0 Å². The second kappa shape index (κ2) is 7.63. The molecule has 0 aliphatic rings. The lowest BCUT2D eigenvalue weighted by Crippen LogP contribution is -2.00. The summed E-state index contributed by atoms with van der Waals surface area (Å²) in [7, 11) is 0. The lowest BCUT2D eigenvalue weighted by molar-refractivity contribution is 0.523. The number of hydrogen-bond donors (Lipinski definition) is 1. The topological polar surface area (TPSA) is 24.9 Å². The lowest BCUT2D eigenvalue weighted by Gasteiger charge is -2.04. The van der Waals surface area contributed by atoms with E-state index in [4.69, 9.17) is 0 Å². The predicted molar refractivity (Wildman–Crippen MR) is 90.8 cm³/mol. The monoisotopic (exact) mass is 290 g/mol. The van der Waals surface area contributed by atoms with Gasteiger partial charge in [-0.2, -0.15) is 0 Å². The van der Waals surface area contributed by atoms with Crippen molar-refractivity contribution in [3.63, 3.8) is 0 Å². The van der Waals surface area contributed by atoms with Gasteiger partial charge in [0.05, 0.1) is 10.2 Å². The van der Waals surface area contributed by atoms with Crippen LogP contribution in [-0.2, 0) is 0 Å². The van der Waals surface area contributed by atoms with Gasteiger partial charge in [-0.1, -0.05) is 56.9 Å². The van der Waals surface area contributed by atoms with Gasteiger partial charge in [-0.3, -0.25) is 0 Å². The van der Waals surface area contributed by atoms with Crippen molar-refractivity contribution >= 4 is 26.7 Å². The minimum atomic E-state index is 0.847. The molecule has 1 N–H and O–H groups in total. The van der Waals surface area contributed by atoms with Crippen LogP contribution in [-0.4, -0.2) is 11.5 Å². The van der Waals surface area contributed by atoms with Crippen molar-refractivity contribution in [2.45, 2.75) is 52.9 Å². The van der Waals surface area contributed by atoms with Gasteiger partial charge in [0, 0.05) is 6.54 Å². The van der Waals surface area contributed by atoms with E-state index < -0.39 is 0 Å². The highest BCUT2D eigenvalue weighted by atomic mass is 32.1. The smallest absolute Gasteiger partial charge is 0.183 e. The highest BCUT2D eigenvalue weighted by Crippen LogP contribution is 2.26. The molecule has 20 heavy (non-hydrogen) atoms. The van der Waals surface area contributed by atoms with Crippen LogP contribution in [0.25, 0.3) is 10.2 Å². The van der Waals surface area contributed by atoms with Crippen LogP contribution in [0.2, 0.25) is 0 Å². The minimum Gasteiger partial charge on any atom is -0.361 e. The molecule has 0 saturated heterocycles. The highest BCUT2D eigenvalue weighted by molar-refractivity contribution is 7.22. The maximum Gasteiger partial charge on any atom is 0.183 e. The number of aryl methyl sites for hydroxylation is 1. The number of unbranched alkanes of at least 4 members (excludes halogenated alkanes) is 3. The SMILES string of the molecule is Cc1ccc2nc(NCCCCCCC(C)C)sc2c1. The number of hydrogen-bond acceptors (Lipinski definition) is 3. The lowest BCUT2D eigenvalue weighted by atomic mass is 10.0. The summed E-state index contributed by atoms with van der Waals surface area (Å²) in [6, 6.07) is 6.45. The van der Waals surface area contributed by atoms with E-state index in [1.807, 2.05) is 0 Å². The second-order valence-corrected chi connectivity index (χ2v) is 7.04. The quantitative estimate of drug-likeness (QED) is 0.638. The van der Waals surface area contributed by atoms with E-state index in [0.29, 0.717) is 0 Å². The van der Waals surface area contributed by atoms with Crippen LogP contribution in [0.4, 0.5) is 5.13 Å². The molecule has 1 aromatic carbocycles. The van der Waals surface area contributed by atoms with Crippen molar-refractivity contribution in [1.82, 2.24) is 4.98 Å². The fraction of sp³-hybridized carbons (Fsp3) is 0.588. The average molecular weight is 290 g/mol. The van der Waals surface area contributed by atoms with E-state index in [1.54, 1.807) is 11.3 Å². The number of nitrogens with one attached hydrogen (secondary N) is 1. The van der Waals surface area contributed by atoms with E-state index in [0.717, 1.165) is 23.1 Å². The maximum atomic E-state index is 4.62. The number of nitrogens with zero attached hydrogens (tertiary/aromatic N) is 1. The summed E-state index contributed by atoms with van der Waals surface area (Å²) in [4.78, 5) is 4.62. The Morgan fingerprint density at radius 1 is 1.15 bits per heavy atom. The molecule has 110 valence electrons. The molecule has 1 aromatic heterocycles. The van der Waals surface area contributed by atoms with Crippen molar-refractivity contribution in [2.75, 3.05) is 11.9 Å². The first kappa shape index (κ1) is 15.3. The Morgan fingerprint density at radius 2 is 1.95 bits per heavy atom. The molecule has 0 aliphatic carbocycles.